The number of likely N-dealkylation sites (N-methyl/N-ethyl adjacent to an activating group) is 1. The van der Waals surface area contributed by atoms with Gasteiger partial charge in [-0.05, 0) is 30.2 Å². The first-order valence-corrected chi connectivity index (χ1v) is 6.57. The molecule has 0 spiro atoms. The Morgan fingerprint density at radius 3 is 2.95 bits per heavy atom. The van der Waals surface area contributed by atoms with Crippen molar-refractivity contribution >= 4 is 11.6 Å². The van der Waals surface area contributed by atoms with Gasteiger partial charge in [0.1, 0.15) is 5.75 Å². The molecule has 1 fully saturated rings. The molecule has 1 aliphatic carbocycles. The third kappa shape index (κ3) is 1.61. The zero-order chi connectivity index (χ0) is 13.7. The fourth-order valence-electron chi connectivity index (χ4n) is 3.75. The van der Waals surface area contributed by atoms with E-state index < -0.39 is 0 Å². The molecule has 4 atom stereocenters. The number of hydrogen-bond donors (Lipinski definition) is 3. The highest BCUT2D eigenvalue weighted by atomic mass is 16.3. The van der Waals surface area contributed by atoms with Crippen LogP contribution in [0.2, 0.25) is 0 Å². The monoisotopic (exact) mass is 261 g/mol. The van der Waals surface area contributed by atoms with Gasteiger partial charge in [0.2, 0.25) is 5.91 Å². The number of nitrogens with one attached hydrogen (secondary N) is 1. The van der Waals surface area contributed by atoms with Crippen molar-refractivity contribution < 1.29 is 9.90 Å². The van der Waals surface area contributed by atoms with Crippen molar-refractivity contribution in [2.75, 3.05) is 19.0 Å². The molecule has 1 saturated carbocycles. The van der Waals surface area contributed by atoms with Gasteiger partial charge in [-0.15, -0.1) is 0 Å². The maximum Gasteiger partial charge on any atom is 0.225 e. The molecule has 1 aromatic carbocycles. The summed E-state index contributed by atoms with van der Waals surface area (Å²) in [5, 5.41) is 12.4. The minimum Gasteiger partial charge on any atom is -0.508 e. The first-order valence-electron chi connectivity index (χ1n) is 6.57. The lowest BCUT2D eigenvalue weighted by Gasteiger charge is -2.26. The van der Waals surface area contributed by atoms with Crippen LogP contribution >= 0.6 is 0 Å². The number of carbonyl (C=O) groups excluding carboxylic acids is 1. The van der Waals surface area contributed by atoms with E-state index in [1.54, 1.807) is 19.2 Å². The standard InChI is InChI=1S/C14H19N3O2/c1-16-14(19)9-6-10(15)12-8-5-7(18)3-4-11(8)17(2)13(9)12/h3-5,9-10,12-13,18H,6,15H2,1-2H3,(H,16,19). The second-order valence-corrected chi connectivity index (χ2v) is 5.49. The number of carbonyl (C=O) groups is 1. The van der Waals surface area contributed by atoms with Crippen LogP contribution in [0.1, 0.15) is 17.9 Å². The summed E-state index contributed by atoms with van der Waals surface area (Å²) in [4.78, 5) is 14.2. The fraction of sp³-hybridized carbons (Fsp3) is 0.500. The van der Waals surface area contributed by atoms with E-state index in [0.717, 1.165) is 11.3 Å². The number of fused-ring (bicyclic) bond motifs is 3. The number of nitrogens with two attached hydrogens (primary N) is 1. The van der Waals surface area contributed by atoms with Crippen LogP contribution in [0, 0.1) is 5.92 Å². The number of benzene rings is 1. The largest absolute Gasteiger partial charge is 0.508 e. The lowest BCUT2D eigenvalue weighted by atomic mass is 9.93. The van der Waals surface area contributed by atoms with E-state index in [2.05, 4.69) is 10.2 Å². The van der Waals surface area contributed by atoms with Gasteiger partial charge in [-0.1, -0.05) is 0 Å². The molecule has 4 unspecified atom stereocenters. The summed E-state index contributed by atoms with van der Waals surface area (Å²) in [5.41, 5.74) is 8.37. The molecule has 0 bridgehead atoms. The number of nitrogens with zero attached hydrogens (tertiary/aromatic N) is 1. The Morgan fingerprint density at radius 2 is 2.26 bits per heavy atom. The highest BCUT2D eigenvalue weighted by Gasteiger charge is 2.52. The number of amides is 1. The molecule has 102 valence electrons. The van der Waals surface area contributed by atoms with Crippen molar-refractivity contribution in [3.8, 4) is 5.75 Å². The normalized spacial score (nSPS) is 32.1. The minimum absolute atomic E-state index is 0.0437. The molecular formula is C14H19N3O2. The number of rotatable bonds is 1. The molecule has 0 radical (unpaired) electrons. The van der Waals surface area contributed by atoms with E-state index >= 15 is 0 Å². The third-order valence-corrected chi connectivity index (χ3v) is 4.55. The van der Waals surface area contributed by atoms with Gasteiger partial charge >= 0.3 is 0 Å². The first-order chi connectivity index (χ1) is 9.04. The molecule has 1 amide bonds. The van der Waals surface area contributed by atoms with Gasteiger partial charge in [0, 0.05) is 37.8 Å². The SMILES string of the molecule is CNC(=O)C1CC(N)C2c3cc(O)ccc3N(C)C12. The maximum absolute atomic E-state index is 12.0. The molecule has 1 heterocycles. The topological polar surface area (TPSA) is 78.6 Å². The number of hydrogen-bond acceptors (Lipinski definition) is 4. The van der Waals surface area contributed by atoms with Gasteiger partial charge in [-0.3, -0.25) is 4.79 Å². The molecule has 1 aliphatic heterocycles. The molecule has 4 N–H and O–H groups in total. The Morgan fingerprint density at radius 1 is 1.53 bits per heavy atom. The highest BCUT2D eigenvalue weighted by Crippen LogP contribution is 2.51. The quantitative estimate of drug-likeness (QED) is 0.683. The van der Waals surface area contributed by atoms with Gasteiger partial charge in [-0.25, -0.2) is 0 Å². The summed E-state index contributed by atoms with van der Waals surface area (Å²) in [6.07, 6.45) is 0.689. The fourth-order valence-corrected chi connectivity index (χ4v) is 3.75. The summed E-state index contributed by atoms with van der Waals surface area (Å²) in [6, 6.07) is 5.40. The van der Waals surface area contributed by atoms with E-state index in [9.17, 15) is 9.90 Å². The van der Waals surface area contributed by atoms with Crippen LogP contribution in [0.15, 0.2) is 18.2 Å². The molecule has 5 nitrogen and oxygen atoms in total. The van der Waals surface area contributed by atoms with Crippen molar-refractivity contribution in [2.24, 2.45) is 11.7 Å². The molecule has 5 heteroatoms. The van der Waals surface area contributed by atoms with Crippen LogP contribution in [0.25, 0.3) is 0 Å². The Bertz CT molecular complexity index is 531. The molecule has 3 rings (SSSR count). The van der Waals surface area contributed by atoms with E-state index in [0.29, 0.717) is 6.42 Å². The second-order valence-electron chi connectivity index (χ2n) is 5.49. The van der Waals surface area contributed by atoms with Crippen molar-refractivity contribution in [3.05, 3.63) is 23.8 Å². The Hall–Kier alpha value is -1.75. The molecule has 19 heavy (non-hydrogen) atoms. The number of aromatic hydroxyl groups is 1. The van der Waals surface area contributed by atoms with Crippen LogP contribution in [0.4, 0.5) is 5.69 Å². The van der Waals surface area contributed by atoms with Gasteiger partial charge in [0.25, 0.3) is 0 Å². The van der Waals surface area contributed by atoms with Crippen LogP contribution in [0.5, 0.6) is 5.75 Å². The van der Waals surface area contributed by atoms with Crippen molar-refractivity contribution in [1.82, 2.24) is 5.32 Å². The highest BCUT2D eigenvalue weighted by molar-refractivity contribution is 5.82. The molecule has 2 aliphatic rings. The first kappa shape index (κ1) is 12.3. The number of phenolic OH excluding ortho intramolecular Hbond substituents is 1. The Labute approximate surface area is 112 Å². The van der Waals surface area contributed by atoms with E-state index in [4.69, 9.17) is 5.73 Å². The van der Waals surface area contributed by atoms with Crippen LogP contribution < -0.4 is 16.0 Å². The number of phenols is 1. The van der Waals surface area contributed by atoms with Gasteiger partial charge in [0.05, 0.1) is 5.92 Å². The summed E-state index contributed by atoms with van der Waals surface area (Å²) in [7, 11) is 3.66. The third-order valence-electron chi connectivity index (χ3n) is 4.55. The summed E-state index contributed by atoms with van der Waals surface area (Å²) in [6.45, 7) is 0. The average molecular weight is 261 g/mol. The summed E-state index contributed by atoms with van der Waals surface area (Å²) in [5.74, 6) is 0.328. The zero-order valence-electron chi connectivity index (χ0n) is 11.1. The Kier molecular flexibility index (Phi) is 2.67. The lowest BCUT2D eigenvalue weighted by Crippen LogP contribution is -2.41. The summed E-state index contributed by atoms with van der Waals surface area (Å²) >= 11 is 0. The second kappa shape index (κ2) is 4.13. The Balaban J connectivity index is 2.05. The van der Waals surface area contributed by atoms with Crippen LogP contribution in [0.3, 0.4) is 0 Å². The average Bonchev–Trinajstić information content (AvgIpc) is 2.87. The van der Waals surface area contributed by atoms with Crippen molar-refractivity contribution in [2.45, 2.75) is 24.4 Å². The lowest BCUT2D eigenvalue weighted by molar-refractivity contribution is -0.124. The van der Waals surface area contributed by atoms with Gasteiger partial charge in [-0.2, -0.15) is 0 Å². The zero-order valence-corrected chi connectivity index (χ0v) is 11.1. The maximum atomic E-state index is 12.0. The molecular weight excluding hydrogens is 242 g/mol. The van der Waals surface area contributed by atoms with Crippen molar-refractivity contribution in [1.29, 1.82) is 0 Å². The van der Waals surface area contributed by atoms with Crippen LogP contribution in [-0.4, -0.2) is 37.2 Å². The smallest absolute Gasteiger partial charge is 0.225 e. The van der Waals surface area contributed by atoms with Crippen LogP contribution in [-0.2, 0) is 4.79 Å². The minimum atomic E-state index is -0.0930. The van der Waals surface area contributed by atoms with E-state index in [-0.39, 0.29) is 35.6 Å². The van der Waals surface area contributed by atoms with Gasteiger partial charge < -0.3 is 21.1 Å². The van der Waals surface area contributed by atoms with E-state index in [1.807, 2.05) is 13.1 Å². The predicted molar refractivity (Wildman–Crippen MR) is 73.2 cm³/mol. The van der Waals surface area contributed by atoms with Gasteiger partial charge in [0.15, 0.2) is 0 Å². The number of anilines is 1. The van der Waals surface area contributed by atoms with Crippen molar-refractivity contribution in [3.63, 3.8) is 0 Å². The predicted octanol–water partition coefficient (Wildman–Crippen LogP) is 0.387. The van der Waals surface area contributed by atoms with E-state index in [1.165, 1.54) is 0 Å². The molecule has 0 saturated heterocycles. The summed E-state index contributed by atoms with van der Waals surface area (Å²) < 4.78 is 0. The molecule has 1 aromatic rings. The molecule has 0 aromatic heterocycles.